The van der Waals surface area contributed by atoms with Crippen LogP contribution < -0.4 is 16.7 Å². The highest BCUT2D eigenvalue weighted by Gasteiger charge is 2.17. The summed E-state index contributed by atoms with van der Waals surface area (Å²) in [5.74, 6) is 0.525. The molecule has 3 aromatic rings. The summed E-state index contributed by atoms with van der Waals surface area (Å²) in [7, 11) is 3.27. The zero-order valence-corrected chi connectivity index (χ0v) is 15.0. The lowest BCUT2D eigenvalue weighted by atomic mass is 10.1. The Morgan fingerprint density at radius 2 is 1.85 bits per heavy atom. The van der Waals surface area contributed by atoms with Crippen molar-refractivity contribution in [1.29, 1.82) is 0 Å². The molecule has 3 rings (SSSR count). The average Bonchev–Trinajstić information content (AvgIpc) is 2.96. The largest absolute Gasteiger partial charge is 0.508 e. The second-order valence-corrected chi connectivity index (χ2v) is 5.91. The quantitative estimate of drug-likeness (QED) is 0.536. The predicted molar refractivity (Wildman–Crippen MR) is 99.8 cm³/mol. The second kappa shape index (κ2) is 6.51. The molecule has 9 nitrogen and oxygen atoms in total. The number of fused-ring (bicyclic) bond motifs is 1. The summed E-state index contributed by atoms with van der Waals surface area (Å²) < 4.78 is 4.09. The van der Waals surface area contributed by atoms with E-state index in [9.17, 15) is 14.7 Å². The van der Waals surface area contributed by atoms with Crippen molar-refractivity contribution < 1.29 is 5.11 Å². The minimum absolute atomic E-state index is 0.179. The molecule has 0 amide bonds. The maximum atomic E-state index is 12.6. The van der Waals surface area contributed by atoms with Gasteiger partial charge in [-0.05, 0) is 43.7 Å². The van der Waals surface area contributed by atoms with Crippen molar-refractivity contribution in [1.82, 2.24) is 18.7 Å². The summed E-state index contributed by atoms with van der Waals surface area (Å²) in [6, 6.07) is 6.64. The molecule has 0 radical (unpaired) electrons. The van der Waals surface area contributed by atoms with Gasteiger partial charge in [0.05, 0.1) is 5.71 Å². The van der Waals surface area contributed by atoms with Crippen LogP contribution >= 0.6 is 0 Å². The second-order valence-electron chi connectivity index (χ2n) is 5.91. The van der Waals surface area contributed by atoms with Gasteiger partial charge < -0.3 is 9.67 Å². The lowest BCUT2D eigenvalue weighted by Gasteiger charge is -2.06. The number of nitrogens with zero attached hydrogens (tertiary/aromatic N) is 5. The van der Waals surface area contributed by atoms with E-state index in [1.54, 1.807) is 49.9 Å². The molecule has 0 bridgehead atoms. The molecule has 9 heteroatoms. The molecular formula is C17H20N6O3. The molecule has 0 aliphatic carbocycles. The molecule has 1 aromatic carbocycles. The van der Waals surface area contributed by atoms with Gasteiger partial charge in [0.25, 0.3) is 5.56 Å². The number of phenols is 1. The van der Waals surface area contributed by atoms with Gasteiger partial charge >= 0.3 is 5.69 Å². The van der Waals surface area contributed by atoms with Crippen molar-refractivity contribution in [3.63, 3.8) is 0 Å². The molecule has 0 spiro atoms. The van der Waals surface area contributed by atoms with Gasteiger partial charge in [0.2, 0.25) is 5.95 Å². The first-order valence-corrected chi connectivity index (χ1v) is 8.11. The van der Waals surface area contributed by atoms with Crippen LogP contribution in [-0.4, -0.2) is 29.5 Å². The van der Waals surface area contributed by atoms with Crippen LogP contribution in [0, 0.1) is 0 Å². The molecule has 2 heterocycles. The molecule has 2 aromatic heterocycles. The Hall–Kier alpha value is -3.36. The Kier molecular flexibility index (Phi) is 4.37. The standard InChI is InChI=1S/C17H20N6O3/c1-5-23-15(25)13-14(22(4)17(23)26)18-16(21(13)3)20-19-10(2)11-6-8-12(24)9-7-11/h6-9,24H,5H2,1-4H3,(H,18,20). The number of hydrazone groups is 1. The summed E-state index contributed by atoms with van der Waals surface area (Å²) >= 11 is 0. The Balaban J connectivity index is 2.05. The van der Waals surface area contributed by atoms with E-state index in [2.05, 4.69) is 15.5 Å². The Bertz CT molecular complexity index is 1120. The number of aromatic nitrogens is 4. The highest BCUT2D eigenvalue weighted by atomic mass is 16.3. The highest BCUT2D eigenvalue weighted by Crippen LogP contribution is 2.14. The van der Waals surface area contributed by atoms with E-state index >= 15 is 0 Å². The van der Waals surface area contributed by atoms with Crippen molar-refractivity contribution in [3.05, 3.63) is 50.7 Å². The molecule has 136 valence electrons. The SMILES string of the molecule is CCn1c(=O)c2c(nc(NN=C(C)c3ccc(O)cc3)n2C)n(C)c1=O. The number of rotatable bonds is 4. The Morgan fingerprint density at radius 1 is 1.19 bits per heavy atom. The smallest absolute Gasteiger partial charge is 0.332 e. The van der Waals surface area contributed by atoms with Crippen LogP contribution in [0.25, 0.3) is 11.2 Å². The first kappa shape index (κ1) is 17.5. The van der Waals surface area contributed by atoms with E-state index in [1.807, 2.05) is 6.92 Å². The van der Waals surface area contributed by atoms with Crippen LogP contribution in [0.5, 0.6) is 5.75 Å². The predicted octanol–water partition coefficient (Wildman–Crippen LogP) is 0.995. The molecule has 0 atom stereocenters. The summed E-state index contributed by atoms with van der Waals surface area (Å²) in [5, 5.41) is 13.6. The monoisotopic (exact) mass is 356 g/mol. The molecular weight excluding hydrogens is 336 g/mol. The Morgan fingerprint density at radius 3 is 2.46 bits per heavy atom. The van der Waals surface area contributed by atoms with Gasteiger partial charge in [-0.2, -0.15) is 10.1 Å². The van der Waals surface area contributed by atoms with E-state index in [0.717, 1.165) is 5.56 Å². The van der Waals surface area contributed by atoms with E-state index in [1.165, 1.54) is 9.13 Å². The average molecular weight is 356 g/mol. The van der Waals surface area contributed by atoms with Gasteiger partial charge in [-0.15, -0.1) is 0 Å². The summed E-state index contributed by atoms with van der Waals surface area (Å²) in [5.41, 5.74) is 4.19. The minimum atomic E-state index is -0.404. The molecule has 0 aliphatic rings. The number of hydrogen-bond donors (Lipinski definition) is 2. The van der Waals surface area contributed by atoms with Gasteiger partial charge in [-0.3, -0.25) is 13.9 Å². The van der Waals surface area contributed by atoms with Crippen LogP contribution in [0.15, 0.2) is 39.0 Å². The first-order chi connectivity index (χ1) is 12.3. The first-order valence-electron chi connectivity index (χ1n) is 8.11. The third-order valence-corrected chi connectivity index (χ3v) is 4.28. The topological polar surface area (TPSA) is 106 Å². The zero-order valence-electron chi connectivity index (χ0n) is 15.0. The molecule has 0 saturated carbocycles. The van der Waals surface area contributed by atoms with Crippen LogP contribution in [0.4, 0.5) is 5.95 Å². The number of imidazole rings is 1. The number of phenolic OH excluding ortho intramolecular Hbond substituents is 1. The molecule has 0 unspecified atom stereocenters. The normalized spacial score (nSPS) is 11.9. The fourth-order valence-electron chi connectivity index (χ4n) is 2.72. The van der Waals surface area contributed by atoms with Crippen LogP contribution in [0.1, 0.15) is 19.4 Å². The van der Waals surface area contributed by atoms with Crippen molar-refractivity contribution >= 4 is 22.8 Å². The van der Waals surface area contributed by atoms with Gasteiger partial charge in [0.15, 0.2) is 11.2 Å². The van der Waals surface area contributed by atoms with E-state index < -0.39 is 5.69 Å². The summed E-state index contributed by atoms with van der Waals surface area (Å²) in [6.45, 7) is 3.84. The lowest BCUT2D eigenvalue weighted by molar-refractivity contribution is 0.475. The van der Waals surface area contributed by atoms with E-state index in [-0.39, 0.29) is 17.9 Å². The number of hydrogen-bond acceptors (Lipinski definition) is 6. The third kappa shape index (κ3) is 2.77. The van der Waals surface area contributed by atoms with Crippen molar-refractivity contribution in [3.8, 4) is 5.75 Å². The van der Waals surface area contributed by atoms with Crippen molar-refractivity contribution in [2.75, 3.05) is 5.43 Å². The maximum Gasteiger partial charge on any atom is 0.332 e. The molecule has 0 fully saturated rings. The van der Waals surface area contributed by atoms with E-state index in [4.69, 9.17) is 0 Å². The molecule has 0 saturated heterocycles. The van der Waals surface area contributed by atoms with Gasteiger partial charge in [0.1, 0.15) is 5.75 Å². The zero-order chi connectivity index (χ0) is 19.0. The Labute approximate surface area is 148 Å². The van der Waals surface area contributed by atoms with Crippen LogP contribution in [0.3, 0.4) is 0 Å². The van der Waals surface area contributed by atoms with Crippen LogP contribution in [0.2, 0.25) is 0 Å². The number of aromatic hydroxyl groups is 1. The maximum absolute atomic E-state index is 12.6. The van der Waals surface area contributed by atoms with Crippen molar-refractivity contribution in [2.45, 2.75) is 20.4 Å². The summed E-state index contributed by atoms with van der Waals surface area (Å²) in [4.78, 5) is 29.1. The van der Waals surface area contributed by atoms with Crippen molar-refractivity contribution in [2.24, 2.45) is 19.2 Å². The lowest BCUT2D eigenvalue weighted by Crippen LogP contribution is -2.39. The number of aryl methyl sites for hydroxylation is 2. The fourth-order valence-corrected chi connectivity index (χ4v) is 2.72. The molecule has 0 aliphatic heterocycles. The summed E-state index contributed by atoms with van der Waals surface area (Å²) in [6.07, 6.45) is 0. The van der Waals surface area contributed by atoms with Gasteiger partial charge in [-0.25, -0.2) is 10.2 Å². The minimum Gasteiger partial charge on any atom is -0.508 e. The highest BCUT2D eigenvalue weighted by molar-refractivity contribution is 5.99. The molecule has 26 heavy (non-hydrogen) atoms. The third-order valence-electron chi connectivity index (χ3n) is 4.28. The number of anilines is 1. The molecule has 2 N–H and O–H groups in total. The van der Waals surface area contributed by atoms with E-state index in [0.29, 0.717) is 22.8 Å². The van der Waals surface area contributed by atoms with Gasteiger partial charge in [0, 0.05) is 20.6 Å². The fraction of sp³-hybridized carbons (Fsp3) is 0.294. The number of benzene rings is 1. The number of nitrogens with one attached hydrogen (secondary N) is 1. The van der Waals surface area contributed by atoms with Gasteiger partial charge in [-0.1, -0.05) is 0 Å². The van der Waals surface area contributed by atoms with Crippen LogP contribution in [-0.2, 0) is 20.6 Å².